The number of carbonyl (C=O) groups excluding carboxylic acids is 2. The number of nitrogens with zero attached hydrogens (tertiary/aromatic N) is 3. The average Bonchev–Trinajstić information content (AvgIpc) is 3.18. The molecule has 8 nitrogen and oxygen atoms in total. The van der Waals surface area contributed by atoms with Crippen molar-refractivity contribution in [2.45, 2.75) is 19.6 Å². The molecule has 2 N–H and O–H groups in total. The van der Waals surface area contributed by atoms with Gasteiger partial charge in [0.2, 0.25) is 5.91 Å². The van der Waals surface area contributed by atoms with E-state index in [1.54, 1.807) is 4.90 Å². The molecule has 2 aromatic rings. The minimum atomic E-state index is -0.384. The Bertz CT molecular complexity index is 924. The Kier molecular flexibility index (Phi) is 7.04. The molecule has 2 heterocycles. The number of benzene rings is 2. The van der Waals surface area contributed by atoms with Crippen LogP contribution < -0.4 is 15.6 Å². The lowest BCUT2D eigenvalue weighted by Crippen LogP contribution is -2.50. The van der Waals surface area contributed by atoms with E-state index in [1.165, 1.54) is 12.5 Å². The van der Waals surface area contributed by atoms with Crippen molar-refractivity contribution in [3.05, 3.63) is 54.1 Å². The molecule has 1 atom stereocenters. The van der Waals surface area contributed by atoms with Crippen LogP contribution in [0.2, 0.25) is 0 Å². The van der Waals surface area contributed by atoms with Crippen molar-refractivity contribution in [3.8, 4) is 11.1 Å². The summed E-state index contributed by atoms with van der Waals surface area (Å²) in [6.45, 7) is 7.28. The molecule has 170 valence electrons. The minimum absolute atomic E-state index is 0.134. The fourth-order valence-corrected chi connectivity index (χ4v) is 3.91. The molecule has 0 aliphatic carbocycles. The summed E-state index contributed by atoms with van der Waals surface area (Å²) in [5, 5.41) is 4.98. The molecule has 2 aliphatic heterocycles. The molecule has 0 unspecified atom stereocenters. The second kappa shape index (κ2) is 10.1. The lowest BCUT2D eigenvalue weighted by atomic mass is 10.0. The van der Waals surface area contributed by atoms with Gasteiger partial charge >= 0.3 is 6.09 Å². The monoisotopic (exact) mass is 437 g/mol. The molecule has 0 aromatic heterocycles. The zero-order valence-electron chi connectivity index (χ0n) is 18.7. The minimum Gasteiger partial charge on any atom is -0.442 e. The molecular weight excluding hydrogens is 406 g/mol. The zero-order chi connectivity index (χ0) is 22.5. The van der Waals surface area contributed by atoms with Crippen molar-refractivity contribution in [3.63, 3.8) is 0 Å². The van der Waals surface area contributed by atoms with Gasteiger partial charge in [-0.1, -0.05) is 36.4 Å². The third-order valence-electron chi connectivity index (χ3n) is 5.93. The van der Waals surface area contributed by atoms with Gasteiger partial charge < -0.3 is 15.0 Å². The lowest BCUT2D eigenvalue weighted by Gasteiger charge is -2.32. The summed E-state index contributed by atoms with van der Waals surface area (Å²) in [4.78, 5) is 27.2. The number of hydrazine groups is 1. The van der Waals surface area contributed by atoms with Crippen LogP contribution in [0.15, 0.2) is 48.5 Å². The summed E-state index contributed by atoms with van der Waals surface area (Å²) in [6.07, 6.45) is -0.719. The van der Waals surface area contributed by atoms with Crippen LogP contribution in [0.1, 0.15) is 12.5 Å². The molecule has 0 spiro atoms. The van der Waals surface area contributed by atoms with Crippen molar-refractivity contribution in [2.24, 2.45) is 0 Å². The topological polar surface area (TPSA) is 77.2 Å². The number of carbonyl (C=O) groups is 2. The van der Waals surface area contributed by atoms with Crippen LogP contribution >= 0.6 is 0 Å². The Labute approximate surface area is 189 Å². The van der Waals surface area contributed by atoms with E-state index in [9.17, 15) is 9.59 Å². The van der Waals surface area contributed by atoms with Crippen LogP contribution in [-0.2, 0) is 16.1 Å². The van der Waals surface area contributed by atoms with Crippen LogP contribution in [-0.4, -0.2) is 74.3 Å². The van der Waals surface area contributed by atoms with Crippen molar-refractivity contribution in [1.29, 1.82) is 0 Å². The van der Waals surface area contributed by atoms with Crippen molar-refractivity contribution >= 4 is 17.7 Å². The predicted molar refractivity (Wildman–Crippen MR) is 124 cm³/mol. The standard InChI is InChI=1S/C24H31N5O3/c1-18(30)25-16-23-17-29(24(31)32-23)22-9-7-21(8-10-22)20-5-3-19(4-6-20)15-26-28-13-11-27(2)12-14-28/h3-10,23,26H,11-17H2,1-2H3,(H,25,30)/t23-/m0/s1. The van der Waals surface area contributed by atoms with Gasteiger partial charge in [0.1, 0.15) is 6.10 Å². The second-order valence-corrected chi connectivity index (χ2v) is 8.42. The first-order valence-electron chi connectivity index (χ1n) is 11.1. The van der Waals surface area contributed by atoms with Gasteiger partial charge in [0.05, 0.1) is 13.1 Å². The Morgan fingerprint density at radius 1 is 1.00 bits per heavy atom. The van der Waals surface area contributed by atoms with Crippen LogP contribution in [0, 0.1) is 0 Å². The number of hydrogen-bond donors (Lipinski definition) is 2. The molecule has 2 aromatic carbocycles. The molecule has 8 heteroatoms. The van der Waals surface area contributed by atoms with E-state index in [4.69, 9.17) is 4.74 Å². The summed E-state index contributed by atoms with van der Waals surface area (Å²) in [7, 11) is 2.16. The van der Waals surface area contributed by atoms with E-state index in [0.717, 1.165) is 49.5 Å². The van der Waals surface area contributed by atoms with Crippen LogP contribution in [0.5, 0.6) is 0 Å². The van der Waals surface area contributed by atoms with E-state index in [-0.39, 0.29) is 18.1 Å². The molecule has 4 rings (SSSR count). The summed E-state index contributed by atoms with van der Waals surface area (Å²) < 4.78 is 5.34. The number of ether oxygens (including phenoxy) is 1. The zero-order valence-corrected chi connectivity index (χ0v) is 18.7. The van der Waals surface area contributed by atoms with Crippen LogP contribution in [0.3, 0.4) is 0 Å². The Hall–Kier alpha value is -2.94. The van der Waals surface area contributed by atoms with Gasteiger partial charge in [0.15, 0.2) is 0 Å². The molecule has 2 fully saturated rings. The summed E-state index contributed by atoms with van der Waals surface area (Å²) in [6, 6.07) is 16.4. The van der Waals surface area contributed by atoms with Crippen molar-refractivity contribution in [1.82, 2.24) is 20.7 Å². The highest BCUT2D eigenvalue weighted by Crippen LogP contribution is 2.26. The first kappa shape index (κ1) is 22.3. The number of rotatable bonds is 7. The number of nitrogens with one attached hydrogen (secondary N) is 2. The summed E-state index contributed by atoms with van der Waals surface area (Å²) in [5.41, 5.74) is 7.77. The molecule has 0 bridgehead atoms. The SMILES string of the molecule is CC(=O)NC[C@H]1CN(c2ccc(-c3ccc(CNN4CCN(C)CC4)cc3)cc2)C(=O)O1. The molecule has 2 saturated heterocycles. The smallest absolute Gasteiger partial charge is 0.414 e. The van der Waals surface area contributed by atoms with Crippen molar-refractivity contribution < 1.29 is 14.3 Å². The van der Waals surface area contributed by atoms with Gasteiger partial charge in [0, 0.05) is 45.3 Å². The number of cyclic esters (lactones) is 1. The van der Waals surface area contributed by atoms with E-state index >= 15 is 0 Å². The molecule has 0 radical (unpaired) electrons. The van der Waals surface area contributed by atoms with Gasteiger partial charge in [-0.25, -0.2) is 9.80 Å². The van der Waals surface area contributed by atoms with Crippen LogP contribution in [0.25, 0.3) is 11.1 Å². The fraction of sp³-hybridized carbons (Fsp3) is 0.417. The number of likely N-dealkylation sites (N-methyl/N-ethyl adjacent to an activating group) is 1. The van der Waals surface area contributed by atoms with E-state index in [1.807, 2.05) is 24.3 Å². The fourth-order valence-electron chi connectivity index (χ4n) is 3.91. The molecular formula is C24H31N5O3. The van der Waals surface area contributed by atoms with E-state index in [2.05, 4.69) is 52.0 Å². The third kappa shape index (κ3) is 5.64. The van der Waals surface area contributed by atoms with Crippen molar-refractivity contribution in [2.75, 3.05) is 51.2 Å². The van der Waals surface area contributed by atoms with Crippen LogP contribution in [0.4, 0.5) is 10.5 Å². The molecule has 2 aliphatic rings. The van der Waals surface area contributed by atoms with E-state index < -0.39 is 0 Å². The van der Waals surface area contributed by atoms with Gasteiger partial charge in [-0.05, 0) is 35.9 Å². The predicted octanol–water partition coefficient (Wildman–Crippen LogP) is 2.07. The maximum Gasteiger partial charge on any atom is 0.414 e. The van der Waals surface area contributed by atoms with Gasteiger partial charge in [-0.2, -0.15) is 0 Å². The molecule has 32 heavy (non-hydrogen) atoms. The average molecular weight is 438 g/mol. The summed E-state index contributed by atoms with van der Waals surface area (Å²) >= 11 is 0. The highest BCUT2D eigenvalue weighted by atomic mass is 16.6. The Morgan fingerprint density at radius 3 is 2.25 bits per heavy atom. The van der Waals surface area contributed by atoms with Gasteiger partial charge in [-0.3, -0.25) is 15.1 Å². The number of anilines is 1. The first-order chi connectivity index (χ1) is 15.5. The Balaban J connectivity index is 1.32. The maximum atomic E-state index is 12.2. The highest BCUT2D eigenvalue weighted by molar-refractivity contribution is 5.90. The largest absolute Gasteiger partial charge is 0.442 e. The quantitative estimate of drug-likeness (QED) is 0.691. The van der Waals surface area contributed by atoms with E-state index in [0.29, 0.717) is 13.1 Å². The Morgan fingerprint density at radius 2 is 1.62 bits per heavy atom. The lowest BCUT2D eigenvalue weighted by molar-refractivity contribution is -0.119. The normalized spacial score (nSPS) is 19.8. The maximum absolute atomic E-state index is 12.2. The highest BCUT2D eigenvalue weighted by Gasteiger charge is 2.32. The molecule has 2 amide bonds. The summed E-state index contributed by atoms with van der Waals surface area (Å²) in [5.74, 6) is -0.134. The van der Waals surface area contributed by atoms with Gasteiger partial charge in [0.25, 0.3) is 0 Å². The number of hydrogen-bond acceptors (Lipinski definition) is 6. The molecule has 0 saturated carbocycles. The number of piperazine rings is 1. The number of amides is 2. The third-order valence-corrected chi connectivity index (χ3v) is 5.93. The second-order valence-electron chi connectivity index (χ2n) is 8.42. The first-order valence-corrected chi connectivity index (χ1v) is 11.1. The van der Waals surface area contributed by atoms with Gasteiger partial charge in [-0.15, -0.1) is 0 Å².